The first-order valence-corrected chi connectivity index (χ1v) is 6.37. The van der Waals surface area contributed by atoms with E-state index in [1.807, 2.05) is 13.0 Å². The Hall–Kier alpha value is -1.95. The average Bonchev–Trinajstić information content (AvgIpc) is 2.77. The number of hydrogen-bond donors (Lipinski definition) is 2. The zero-order valence-corrected chi connectivity index (χ0v) is 11.1. The normalized spacial score (nSPS) is 12.6. The summed E-state index contributed by atoms with van der Waals surface area (Å²) < 4.78 is 1.65. The van der Waals surface area contributed by atoms with Gasteiger partial charge in [0, 0.05) is 19.2 Å². The quantitative estimate of drug-likeness (QED) is 0.837. The van der Waals surface area contributed by atoms with Gasteiger partial charge in [0.1, 0.15) is 5.52 Å². The van der Waals surface area contributed by atoms with Gasteiger partial charge >= 0.3 is 0 Å². The molecule has 0 fully saturated rings. The van der Waals surface area contributed by atoms with Gasteiger partial charge in [-0.15, -0.1) is 5.10 Å². The highest BCUT2D eigenvalue weighted by Gasteiger charge is 2.10. The molecule has 2 aromatic rings. The second kappa shape index (κ2) is 5.79. The van der Waals surface area contributed by atoms with Crippen LogP contribution in [0.2, 0.25) is 0 Å². The molecule has 0 spiro atoms. The highest BCUT2D eigenvalue weighted by molar-refractivity contribution is 5.97. The summed E-state index contributed by atoms with van der Waals surface area (Å²) in [5.41, 5.74) is 2.09. The predicted octanol–water partition coefficient (Wildman–Crippen LogP) is 0.859. The molecule has 0 radical (unpaired) electrons. The number of nitrogens with zero attached hydrogens (tertiary/aromatic N) is 3. The molecule has 1 aromatic heterocycles. The lowest BCUT2D eigenvalue weighted by atomic mass is 10.1. The number of amides is 1. The zero-order chi connectivity index (χ0) is 13.8. The van der Waals surface area contributed by atoms with Crippen molar-refractivity contribution < 1.29 is 9.90 Å². The van der Waals surface area contributed by atoms with Gasteiger partial charge in [0.2, 0.25) is 0 Å². The molecule has 6 nitrogen and oxygen atoms in total. The van der Waals surface area contributed by atoms with E-state index in [1.165, 1.54) is 0 Å². The van der Waals surface area contributed by atoms with E-state index < -0.39 is 6.10 Å². The summed E-state index contributed by atoms with van der Waals surface area (Å²) in [5, 5.41) is 20.2. The minimum atomic E-state index is -0.491. The number of fused-ring (bicyclic) bond motifs is 1. The van der Waals surface area contributed by atoms with Crippen LogP contribution in [-0.2, 0) is 7.05 Å². The molecule has 2 rings (SSSR count). The summed E-state index contributed by atoms with van der Waals surface area (Å²) in [7, 11) is 1.80. The van der Waals surface area contributed by atoms with E-state index in [4.69, 9.17) is 0 Å². The molecule has 19 heavy (non-hydrogen) atoms. The van der Waals surface area contributed by atoms with Crippen LogP contribution in [0.1, 0.15) is 30.1 Å². The fourth-order valence-corrected chi connectivity index (χ4v) is 1.93. The van der Waals surface area contributed by atoms with Gasteiger partial charge in [-0.3, -0.25) is 4.79 Å². The first kappa shape index (κ1) is 13.5. The number of benzene rings is 1. The van der Waals surface area contributed by atoms with Crippen LogP contribution >= 0.6 is 0 Å². The molecule has 0 aliphatic rings. The van der Waals surface area contributed by atoms with Gasteiger partial charge in [-0.25, -0.2) is 4.68 Å². The van der Waals surface area contributed by atoms with Crippen LogP contribution in [0.5, 0.6) is 0 Å². The van der Waals surface area contributed by atoms with Crippen molar-refractivity contribution in [2.24, 2.45) is 7.05 Å². The van der Waals surface area contributed by atoms with Gasteiger partial charge < -0.3 is 10.4 Å². The van der Waals surface area contributed by atoms with E-state index in [9.17, 15) is 9.90 Å². The smallest absolute Gasteiger partial charge is 0.251 e. The Morgan fingerprint density at radius 2 is 2.32 bits per heavy atom. The van der Waals surface area contributed by atoms with Crippen molar-refractivity contribution in [3.8, 4) is 0 Å². The summed E-state index contributed by atoms with van der Waals surface area (Å²) in [4.78, 5) is 11.9. The molecule has 0 saturated carbocycles. The van der Waals surface area contributed by atoms with Crippen molar-refractivity contribution >= 4 is 16.9 Å². The average molecular weight is 262 g/mol. The molecule has 1 heterocycles. The van der Waals surface area contributed by atoms with E-state index in [0.29, 0.717) is 17.5 Å². The monoisotopic (exact) mass is 262 g/mol. The number of nitrogens with one attached hydrogen (secondary N) is 1. The summed E-state index contributed by atoms with van der Waals surface area (Å²) in [6.07, 6.45) is 1.08. The van der Waals surface area contributed by atoms with Crippen molar-refractivity contribution in [1.82, 2.24) is 20.3 Å². The lowest BCUT2D eigenvalue weighted by molar-refractivity contribution is 0.0910. The lowest BCUT2D eigenvalue weighted by Crippen LogP contribution is -2.31. The number of carbonyl (C=O) groups is 1. The van der Waals surface area contributed by atoms with Gasteiger partial charge in [0.25, 0.3) is 5.91 Å². The maximum atomic E-state index is 11.9. The summed E-state index contributed by atoms with van der Waals surface area (Å²) in [6, 6.07) is 5.24. The second-order valence-electron chi connectivity index (χ2n) is 4.57. The first-order chi connectivity index (χ1) is 9.11. The van der Waals surface area contributed by atoms with Crippen LogP contribution in [0.3, 0.4) is 0 Å². The van der Waals surface area contributed by atoms with Crippen LogP contribution in [0.15, 0.2) is 18.2 Å². The SMILES string of the molecule is CCCC(O)CNC(=O)c1ccc2c(c1)nnn2C. The standard InChI is InChI=1S/C13H18N4O2/c1-3-4-10(18)8-14-13(19)9-5-6-12-11(7-9)15-16-17(12)2/h5-7,10,18H,3-4,8H2,1-2H3,(H,14,19). The maximum Gasteiger partial charge on any atom is 0.251 e. The number of rotatable bonds is 5. The van der Waals surface area contributed by atoms with Crippen LogP contribution in [0.25, 0.3) is 11.0 Å². The van der Waals surface area contributed by atoms with Crippen LogP contribution in [-0.4, -0.2) is 38.7 Å². The highest BCUT2D eigenvalue weighted by Crippen LogP contribution is 2.12. The maximum absolute atomic E-state index is 11.9. The van der Waals surface area contributed by atoms with E-state index in [1.54, 1.807) is 23.9 Å². The third-order valence-corrected chi connectivity index (χ3v) is 2.99. The summed E-state index contributed by atoms with van der Waals surface area (Å²) in [6.45, 7) is 2.26. The number of aromatic nitrogens is 3. The fraction of sp³-hybridized carbons (Fsp3) is 0.462. The topological polar surface area (TPSA) is 80.0 Å². The number of aryl methyl sites for hydroxylation is 1. The minimum absolute atomic E-state index is 0.206. The molecular formula is C13H18N4O2. The van der Waals surface area contributed by atoms with Gasteiger partial charge in [0.15, 0.2) is 0 Å². The summed E-state index contributed by atoms with van der Waals surface area (Å²) >= 11 is 0. The van der Waals surface area contributed by atoms with E-state index in [0.717, 1.165) is 11.9 Å². The third kappa shape index (κ3) is 3.08. The molecule has 6 heteroatoms. The Balaban J connectivity index is 2.05. The number of aliphatic hydroxyl groups is 1. The van der Waals surface area contributed by atoms with E-state index in [2.05, 4.69) is 15.6 Å². The molecule has 102 valence electrons. The van der Waals surface area contributed by atoms with Crippen LogP contribution in [0, 0.1) is 0 Å². The minimum Gasteiger partial charge on any atom is -0.391 e. The molecule has 1 amide bonds. The number of carbonyl (C=O) groups excluding carboxylic acids is 1. The van der Waals surface area contributed by atoms with Crippen molar-refractivity contribution in [2.45, 2.75) is 25.9 Å². The van der Waals surface area contributed by atoms with Gasteiger partial charge in [-0.2, -0.15) is 0 Å². The summed E-state index contributed by atoms with van der Waals surface area (Å²) in [5.74, 6) is -0.206. The van der Waals surface area contributed by atoms with E-state index in [-0.39, 0.29) is 12.5 Å². The molecule has 1 aromatic carbocycles. The zero-order valence-electron chi connectivity index (χ0n) is 11.1. The molecule has 0 saturated heterocycles. The Morgan fingerprint density at radius 1 is 1.53 bits per heavy atom. The molecule has 1 atom stereocenters. The molecular weight excluding hydrogens is 244 g/mol. The molecule has 1 unspecified atom stereocenters. The van der Waals surface area contributed by atoms with Crippen molar-refractivity contribution in [3.63, 3.8) is 0 Å². The lowest BCUT2D eigenvalue weighted by Gasteiger charge is -2.10. The Kier molecular flexibility index (Phi) is 4.11. The second-order valence-corrected chi connectivity index (χ2v) is 4.57. The largest absolute Gasteiger partial charge is 0.391 e. The number of aliphatic hydroxyl groups excluding tert-OH is 1. The Bertz CT molecular complexity index is 579. The number of hydrogen-bond acceptors (Lipinski definition) is 4. The van der Waals surface area contributed by atoms with Crippen molar-refractivity contribution in [1.29, 1.82) is 0 Å². The fourth-order valence-electron chi connectivity index (χ4n) is 1.93. The molecule has 0 aliphatic carbocycles. The van der Waals surface area contributed by atoms with Crippen molar-refractivity contribution in [2.75, 3.05) is 6.54 Å². The first-order valence-electron chi connectivity index (χ1n) is 6.37. The predicted molar refractivity (Wildman–Crippen MR) is 71.8 cm³/mol. The molecule has 2 N–H and O–H groups in total. The molecule has 0 bridgehead atoms. The Morgan fingerprint density at radius 3 is 3.05 bits per heavy atom. The Labute approximate surface area is 111 Å². The third-order valence-electron chi connectivity index (χ3n) is 2.99. The van der Waals surface area contributed by atoms with Crippen LogP contribution < -0.4 is 5.32 Å². The highest BCUT2D eigenvalue weighted by atomic mass is 16.3. The molecule has 0 aliphatic heterocycles. The van der Waals surface area contributed by atoms with Crippen LogP contribution in [0.4, 0.5) is 0 Å². The van der Waals surface area contributed by atoms with Crippen molar-refractivity contribution in [3.05, 3.63) is 23.8 Å². The van der Waals surface area contributed by atoms with Gasteiger partial charge in [-0.05, 0) is 24.6 Å². The van der Waals surface area contributed by atoms with E-state index >= 15 is 0 Å². The van der Waals surface area contributed by atoms with Gasteiger partial charge in [-0.1, -0.05) is 18.6 Å². The van der Waals surface area contributed by atoms with Gasteiger partial charge in [0.05, 0.1) is 11.6 Å².